The summed E-state index contributed by atoms with van der Waals surface area (Å²) < 4.78 is 6.83. The van der Waals surface area contributed by atoms with Gasteiger partial charge in [0.15, 0.2) is 0 Å². The molecule has 2 aromatic carbocycles. The Morgan fingerprint density at radius 3 is 2.61 bits per heavy atom. The third-order valence-electron chi connectivity index (χ3n) is 4.53. The number of hydrogen-bond donors (Lipinski definition) is 1. The molecule has 1 amide bonds. The number of nitrogens with one attached hydrogen (secondary N) is 1. The van der Waals surface area contributed by atoms with Gasteiger partial charge in [-0.05, 0) is 54.5 Å². The number of pyridine rings is 1. The van der Waals surface area contributed by atoms with E-state index in [0.717, 1.165) is 5.56 Å². The number of para-hydroxylation sites is 1. The molecule has 7 heteroatoms. The van der Waals surface area contributed by atoms with E-state index in [1.807, 2.05) is 54.6 Å². The van der Waals surface area contributed by atoms with E-state index in [0.29, 0.717) is 17.1 Å². The van der Waals surface area contributed by atoms with E-state index in [4.69, 9.17) is 4.74 Å². The molecule has 0 aliphatic carbocycles. The fourth-order valence-electron chi connectivity index (χ4n) is 2.94. The van der Waals surface area contributed by atoms with Crippen molar-refractivity contribution in [3.8, 4) is 17.6 Å². The lowest BCUT2D eigenvalue weighted by molar-refractivity contribution is 0.101. The molecule has 4 aromatic rings. The third kappa shape index (κ3) is 6.15. The lowest BCUT2D eigenvalue weighted by Gasteiger charge is -2.09. The summed E-state index contributed by atoms with van der Waals surface area (Å²) in [7, 11) is 0. The van der Waals surface area contributed by atoms with E-state index < -0.39 is 5.91 Å². The van der Waals surface area contributed by atoms with Crippen molar-refractivity contribution in [2.75, 3.05) is 11.9 Å². The van der Waals surface area contributed by atoms with Crippen molar-refractivity contribution in [3.05, 3.63) is 118 Å². The maximum absolute atomic E-state index is 12.7. The van der Waals surface area contributed by atoms with Crippen LogP contribution in [0.3, 0.4) is 0 Å². The van der Waals surface area contributed by atoms with Gasteiger partial charge >= 0.3 is 0 Å². The van der Waals surface area contributed by atoms with Crippen LogP contribution < -0.4 is 15.6 Å². The van der Waals surface area contributed by atoms with Gasteiger partial charge in [-0.15, -0.1) is 0 Å². The molecular weight excluding hydrogens is 416 g/mol. The van der Waals surface area contributed by atoms with E-state index in [9.17, 15) is 9.59 Å². The third-order valence-corrected chi connectivity index (χ3v) is 4.53. The molecule has 0 fully saturated rings. The number of rotatable bonds is 6. The van der Waals surface area contributed by atoms with Gasteiger partial charge in [-0.2, -0.15) is 5.10 Å². The van der Waals surface area contributed by atoms with Crippen molar-refractivity contribution in [2.24, 2.45) is 0 Å². The van der Waals surface area contributed by atoms with Gasteiger partial charge in [0, 0.05) is 23.5 Å². The minimum atomic E-state index is -0.428. The van der Waals surface area contributed by atoms with Crippen LogP contribution in [0, 0.1) is 11.8 Å². The van der Waals surface area contributed by atoms with Crippen LogP contribution in [0.25, 0.3) is 0 Å². The topological polar surface area (TPSA) is 86.1 Å². The summed E-state index contributed by atoms with van der Waals surface area (Å²) in [5.41, 5.74) is 1.78. The number of aromatic nitrogens is 3. The van der Waals surface area contributed by atoms with E-state index >= 15 is 0 Å². The number of carbonyl (C=O) groups is 1. The molecule has 4 rings (SSSR count). The maximum Gasteiger partial charge on any atom is 0.276 e. The molecule has 0 spiro atoms. The molecule has 0 radical (unpaired) electrons. The van der Waals surface area contributed by atoms with Crippen LogP contribution in [-0.2, 0) is 6.54 Å². The van der Waals surface area contributed by atoms with Crippen molar-refractivity contribution in [1.82, 2.24) is 14.8 Å². The Morgan fingerprint density at radius 1 is 0.939 bits per heavy atom. The van der Waals surface area contributed by atoms with E-state index in [2.05, 4.69) is 27.2 Å². The zero-order chi connectivity index (χ0) is 22.9. The second-order valence-corrected chi connectivity index (χ2v) is 6.94. The normalized spacial score (nSPS) is 10.1. The molecule has 0 saturated heterocycles. The predicted molar refractivity (Wildman–Crippen MR) is 125 cm³/mol. The standard InChI is InChI=1S/C26H20N4O3/c31-25-15-14-24(29-30(25)17-18-33-23-10-2-1-3-11-23)26(32)28-22-9-6-7-20(19-22)12-13-21-8-4-5-16-27-21/h1-11,14-16,19H,17-18H2,(H,28,32). The van der Waals surface area contributed by atoms with Gasteiger partial charge in [0.05, 0.1) is 6.54 Å². The van der Waals surface area contributed by atoms with Crippen LogP contribution in [0.15, 0.2) is 95.9 Å². The molecule has 0 unspecified atom stereocenters. The van der Waals surface area contributed by atoms with E-state index in [1.165, 1.54) is 16.8 Å². The van der Waals surface area contributed by atoms with Crippen molar-refractivity contribution < 1.29 is 9.53 Å². The largest absolute Gasteiger partial charge is 0.492 e. The van der Waals surface area contributed by atoms with Crippen LogP contribution in [-0.4, -0.2) is 27.3 Å². The second-order valence-electron chi connectivity index (χ2n) is 6.94. The predicted octanol–water partition coefficient (Wildman–Crippen LogP) is 3.37. The Balaban J connectivity index is 1.42. The highest BCUT2D eigenvalue weighted by molar-refractivity contribution is 6.02. The van der Waals surface area contributed by atoms with Crippen LogP contribution in [0.4, 0.5) is 5.69 Å². The fourth-order valence-corrected chi connectivity index (χ4v) is 2.94. The van der Waals surface area contributed by atoms with E-state index in [1.54, 1.807) is 24.4 Å². The van der Waals surface area contributed by atoms with Crippen molar-refractivity contribution in [2.45, 2.75) is 6.54 Å². The molecule has 7 nitrogen and oxygen atoms in total. The van der Waals surface area contributed by atoms with Gasteiger partial charge < -0.3 is 10.1 Å². The first-order chi connectivity index (χ1) is 16.2. The molecule has 1 N–H and O–H groups in total. The minimum absolute atomic E-state index is 0.124. The summed E-state index contributed by atoms with van der Waals surface area (Å²) in [6.07, 6.45) is 1.68. The molecule has 0 atom stereocenters. The smallest absolute Gasteiger partial charge is 0.276 e. The van der Waals surface area contributed by atoms with Crippen molar-refractivity contribution in [1.29, 1.82) is 0 Å². The number of anilines is 1. The fraction of sp³-hybridized carbons (Fsp3) is 0.0769. The SMILES string of the molecule is O=C(Nc1cccc(C#Cc2ccccn2)c1)c1ccc(=O)n(CCOc2ccccc2)n1. The summed E-state index contributed by atoms with van der Waals surface area (Å²) in [5, 5.41) is 6.97. The number of carbonyl (C=O) groups excluding carboxylic acids is 1. The molecule has 0 aliphatic rings. The zero-order valence-electron chi connectivity index (χ0n) is 17.6. The lowest BCUT2D eigenvalue weighted by Crippen LogP contribution is -2.28. The van der Waals surface area contributed by atoms with Gasteiger partial charge in [0.2, 0.25) is 0 Å². The minimum Gasteiger partial charge on any atom is -0.492 e. The average molecular weight is 436 g/mol. The summed E-state index contributed by atoms with van der Waals surface area (Å²) in [6.45, 7) is 0.465. The monoisotopic (exact) mass is 436 g/mol. The Kier molecular flexibility index (Phi) is 6.88. The average Bonchev–Trinajstić information content (AvgIpc) is 2.85. The molecule has 162 valence electrons. The quantitative estimate of drug-likeness (QED) is 0.469. The van der Waals surface area contributed by atoms with Crippen LogP contribution in [0.2, 0.25) is 0 Å². The number of hydrogen-bond acceptors (Lipinski definition) is 5. The Morgan fingerprint density at radius 2 is 1.79 bits per heavy atom. The summed E-state index contributed by atoms with van der Waals surface area (Å²) in [4.78, 5) is 29.0. The highest BCUT2D eigenvalue weighted by atomic mass is 16.5. The number of nitrogens with zero attached hydrogens (tertiary/aromatic N) is 3. The number of ether oxygens (including phenoxy) is 1. The van der Waals surface area contributed by atoms with Gasteiger partial charge in [-0.1, -0.05) is 36.3 Å². The van der Waals surface area contributed by atoms with Gasteiger partial charge in [-0.3, -0.25) is 9.59 Å². The van der Waals surface area contributed by atoms with Gasteiger partial charge in [-0.25, -0.2) is 9.67 Å². The summed E-state index contributed by atoms with van der Waals surface area (Å²) in [5.74, 6) is 6.28. The Bertz CT molecular complexity index is 1360. The molecule has 0 aliphatic heterocycles. The van der Waals surface area contributed by atoms with Crippen LogP contribution >= 0.6 is 0 Å². The zero-order valence-corrected chi connectivity index (χ0v) is 17.6. The summed E-state index contributed by atoms with van der Waals surface area (Å²) in [6, 6.07) is 24.7. The van der Waals surface area contributed by atoms with Crippen LogP contribution in [0.5, 0.6) is 5.75 Å². The first kappa shape index (κ1) is 21.5. The highest BCUT2D eigenvalue weighted by Crippen LogP contribution is 2.11. The first-order valence-electron chi connectivity index (χ1n) is 10.3. The summed E-state index contributed by atoms with van der Waals surface area (Å²) >= 11 is 0. The maximum atomic E-state index is 12.7. The molecule has 0 bridgehead atoms. The molecule has 0 saturated carbocycles. The lowest BCUT2D eigenvalue weighted by atomic mass is 10.2. The molecular formula is C26H20N4O3. The number of benzene rings is 2. The number of amides is 1. The van der Waals surface area contributed by atoms with Gasteiger partial charge in [0.1, 0.15) is 23.7 Å². The Hall–Kier alpha value is -4.70. The van der Waals surface area contributed by atoms with Gasteiger partial charge in [0.25, 0.3) is 11.5 Å². The first-order valence-corrected chi connectivity index (χ1v) is 10.3. The van der Waals surface area contributed by atoms with E-state index in [-0.39, 0.29) is 24.4 Å². The molecule has 2 heterocycles. The molecule has 2 aromatic heterocycles. The molecule has 33 heavy (non-hydrogen) atoms. The van der Waals surface area contributed by atoms with Crippen molar-refractivity contribution >= 4 is 11.6 Å². The second kappa shape index (κ2) is 10.6. The van der Waals surface area contributed by atoms with Crippen LogP contribution in [0.1, 0.15) is 21.7 Å². The highest BCUT2D eigenvalue weighted by Gasteiger charge is 2.10. The Labute approximate surface area is 190 Å². The van der Waals surface area contributed by atoms with Crippen molar-refractivity contribution in [3.63, 3.8) is 0 Å².